The van der Waals surface area contributed by atoms with Crippen molar-refractivity contribution in [3.05, 3.63) is 53.6 Å². The SMILES string of the molecule is COc1cc(CBr)ccc1OCC1Cc2ccccc2S1. The van der Waals surface area contributed by atoms with Gasteiger partial charge in [-0.1, -0.05) is 40.2 Å². The van der Waals surface area contributed by atoms with Crippen molar-refractivity contribution < 1.29 is 9.47 Å². The number of fused-ring (bicyclic) bond motifs is 1. The van der Waals surface area contributed by atoms with Crippen LogP contribution in [0, 0.1) is 0 Å². The topological polar surface area (TPSA) is 18.5 Å². The first-order valence-electron chi connectivity index (χ1n) is 6.90. The maximum atomic E-state index is 5.98. The molecule has 2 nitrogen and oxygen atoms in total. The van der Waals surface area contributed by atoms with Gasteiger partial charge in [0.05, 0.1) is 7.11 Å². The molecule has 0 aromatic heterocycles. The van der Waals surface area contributed by atoms with Gasteiger partial charge >= 0.3 is 0 Å². The van der Waals surface area contributed by atoms with Crippen molar-refractivity contribution in [3.8, 4) is 11.5 Å². The van der Waals surface area contributed by atoms with Gasteiger partial charge in [0.25, 0.3) is 0 Å². The molecule has 1 unspecified atom stereocenters. The van der Waals surface area contributed by atoms with E-state index in [1.807, 2.05) is 23.9 Å². The van der Waals surface area contributed by atoms with Crippen LogP contribution in [0.2, 0.25) is 0 Å². The molecule has 1 aliphatic rings. The molecule has 0 saturated heterocycles. The molecule has 3 rings (SSSR count). The molecule has 0 radical (unpaired) electrons. The Hall–Kier alpha value is -1.13. The van der Waals surface area contributed by atoms with Crippen LogP contribution >= 0.6 is 27.7 Å². The van der Waals surface area contributed by atoms with Gasteiger partial charge in [-0.2, -0.15) is 0 Å². The molecular formula is C17H17BrO2S. The molecule has 21 heavy (non-hydrogen) atoms. The van der Waals surface area contributed by atoms with E-state index in [9.17, 15) is 0 Å². The first-order chi connectivity index (χ1) is 10.3. The summed E-state index contributed by atoms with van der Waals surface area (Å²) in [6.45, 7) is 0.698. The summed E-state index contributed by atoms with van der Waals surface area (Å²) in [7, 11) is 1.68. The summed E-state index contributed by atoms with van der Waals surface area (Å²) >= 11 is 5.36. The molecule has 0 spiro atoms. The van der Waals surface area contributed by atoms with Gasteiger partial charge in [-0.05, 0) is 35.7 Å². The second-order valence-corrected chi connectivity index (χ2v) is 6.88. The third-order valence-corrected chi connectivity index (χ3v) is 5.46. The van der Waals surface area contributed by atoms with Crippen molar-refractivity contribution in [2.75, 3.05) is 13.7 Å². The molecule has 4 heteroatoms. The summed E-state index contributed by atoms with van der Waals surface area (Å²) in [5, 5.41) is 1.29. The van der Waals surface area contributed by atoms with Crippen LogP contribution in [-0.2, 0) is 11.8 Å². The fourth-order valence-corrected chi connectivity index (χ4v) is 4.01. The number of rotatable bonds is 5. The summed E-state index contributed by atoms with van der Waals surface area (Å²) in [6, 6.07) is 14.6. The Bertz CT molecular complexity index is 605. The number of alkyl halides is 1. The fraction of sp³-hybridized carbons (Fsp3) is 0.294. The van der Waals surface area contributed by atoms with E-state index in [0.29, 0.717) is 11.9 Å². The van der Waals surface area contributed by atoms with Crippen molar-refractivity contribution in [2.24, 2.45) is 0 Å². The summed E-state index contributed by atoms with van der Waals surface area (Å²) in [6.07, 6.45) is 1.07. The molecule has 0 N–H and O–H groups in total. The van der Waals surface area contributed by atoms with E-state index in [0.717, 1.165) is 23.2 Å². The van der Waals surface area contributed by atoms with Gasteiger partial charge in [-0.3, -0.25) is 0 Å². The Morgan fingerprint density at radius 1 is 1.19 bits per heavy atom. The molecule has 1 aliphatic heterocycles. The molecule has 0 fully saturated rings. The van der Waals surface area contributed by atoms with Gasteiger partial charge in [0, 0.05) is 15.5 Å². The highest BCUT2D eigenvalue weighted by Gasteiger charge is 2.22. The Kier molecular flexibility index (Phi) is 4.76. The molecule has 1 heterocycles. The van der Waals surface area contributed by atoms with Gasteiger partial charge in [0.2, 0.25) is 0 Å². The molecule has 1 atom stereocenters. The maximum Gasteiger partial charge on any atom is 0.161 e. The van der Waals surface area contributed by atoms with Crippen molar-refractivity contribution in [1.29, 1.82) is 0 Å². The number of benzene rings is 2. The third-order valence-electron chi connectivity index (χ3n) is 3.52. The average Bonchev–Trinajstić information content (AvgIpc) is 2.95. The van der Waals surface area contributed by atoms with Crippen LogP contribution in [0.5, 0.6) is 11.5 Å². The van der Waals surface area contributed by atoms with E-state index in [4.69, 9.17) is 9.47 Å². The van der Waals surface area contributed by atoms with Crippen LogP contribution in [-0.4, -0.2) is 19.0 Å². The molecule has 0 saturated carbocycles. The van der Waals surface area contributed by atoms with E-state index in [-0.39, 0.29) is 0 Å². The standard InChI is InChI=1S/C17H17BrO2S/c1-19-16-8-12(10-18)6-7-15(16)20-11-14-9-13-4-2-3-5-17(13)21-14/h2-8,14H,9-11H2,1H3. The van der Waals surface area contributed by atoms with E-state index >= 15 is 0 Å². The Labute approximate surface area is 138 Å². The molecule has 2 aromatic rings. The van der Waals surface area contributed by atoms with Gasteiger partial charge in [-0.25, -0.2) is 0 Å². The second kappa shape index (κ2) is 6.75. The summed E-state index contributed by atoms with van der Waals surface area (Å²) in [5.41, 5.74) is 2.61. The van der Waals surface area contributed by atoms with Crippen molar-refractivity contribution in [3.63, 3.8) is 0 Å². The normalized spacial score (nSPS) is 16.6. The zero-order valence-electron chi connectivity index (χ0n) is 11.8. The molecular weight excluding hydrogens is 348 g/mol. The Morgan fingerprint density at radius 3 is 2.81 bits per heavy atom. The minimum absolute atomic E-state index is 0.475. The van der Waals surface area contributed by atoms with Gasteiger partial charge < -0.3 is 9.47 Å². The number of hydrogen-bond acceptors (Lipinski definition) is 3. The van der Waals surface area contributed by atoms with Crippen LogP contribution < -0.4 is 9.47 Å². The first kappa shape index (κ1) is 14.8. The zero-order valence-corrected chi connectivity index (χ0v) is 14.2. The third kappa shape index (κ3) is 3.38. The average molecular weight is 365 g/mol. The highest BCUT2D eigenvalue weighted by Crippen LogP contribution is 2.37. The van der Waals surface area contributed by atoms with E-state index in [1.54, 1.807) is 7.11 Å². The maximum absolute atomic E-state index is 5.98. The number of methoxy groups -OCH3 is 1. The second-order valence-electron chi connectivity index (χ2n) is 4.98. The summed E-state index contributed by atoms with van der Waals surface area (Å²) < 4.78 is 11.4. The first-order valence-corrected chi connectivity index (χ1v) is 8.90. The van der Waals surface area contributed by atoms with Crippen LogP contribution in [0.3, 0.4) is 0 Å². The minimum atomic E-state index is 0.475. The lowest BCUT2D eigenvalue weighted by Crippen LogP contribution is -2.13. The number of halogens is 1. The zero-order chi connectivity index (χ0) is 14.7. The highest BCUT2D eigenvalue weighted by atomic mass is 79.9. The van der Waals surface area contributed by atoms with Crippen LogP contribution in [0.15, 0.2) is 47.4 Å². The van der Waals surface area contributed by atoms with Crippen molar-refractivity contribution >= 4 is 27.7 Å². The smallest absolute Gasteiger partial charge is 0.161 e. The monoisotopic (exact) mass is 364 g/mol. The Morgan fingerprint density at radius 2 is 2.05 bits per heavy atom. The fourth-order valence-electron chi connectivity index (χ4n) is 2.44. The van der Waals surface area contributed by atoms with Crippen molar-refractivity contribution in [2.45, 2.75) is 21.9 Å². The molecule has 110 valence electrons. The molecule has 2 aromatic carbocycles. The molecule has 0 bridgehead atoms. The Balaban J connectivity index is 1.64. The van der Waals surface area contributed by atoms with Crippen LogP contribution in [0.1, 0.15) is 11.1 Å². The quantitative estimate of drug-likeness (QED) is 0.717. The van der Waals surface area contributed by atoms with Gasteiger partial charge in [0.1, 0.15) is 6.61 Å². The number of hydrogen-bond donors (Lipinski definition) is 0. The van der Waals surface area contributed by atoms with Gasteiger partial charge in [0.15, 0.2) is 11.5 Å². The predicted octanol–water partition coefficient (Wildman–Crippen LogP) is 4.69. The van der Waals surface area contributed by atoms with Crippen LogP contribution in [0.25, 0.3) is 0 Å². The van der Waals surface area contributed by atoms with Crippen molar-refractivity contribution in [1.82, 2.24) is 0 Å². The highest BCUT2D eigenvalue weighted by molar-refractivity contribution is 9.08. The van der Waals surface area contributed by atoms with E-state index in [1.165, 1.54) is 16.0 Å². The molecule has 0 aliphatic carbocycles. The lowest BCUT2D eigenvalue weighted by Gasteiger charge is -2.14. The lowest BCUT2D eigenvalue weighted by atomic mass is 10.1. The largest absolute Gasteiger partial charge is 0.493 e. The minimum Gasteiger partial charge on any atom is -0.493 e. The van der Waals surface area contributed by atoms with Crippen LogP contribution in [0.4, 0.5) is 0 Å². The van der Waals surface area contributed by atoms with Gasteiger partial charge in [-0.15, -0.1) is 11.8 Å². The van der Waals surface area contributed by atoms with E-state index < -0.39 is 0 Å². The summed E-state index contributed by atoms with van der Waals surface area (Å²) in [5.74, 6) is 1.62. The predicted molar refractivity (Wildman–Crippen MR) is 90.9 cm³/mol. The lowest BCUT2D eigenvalue weighted by molar-refractivity contribution is 0.294. The summed E-state index contributed by atoms with van der Waals surface area (Å²) in [4.78, 5) is 1.38. The van der Waals surface area contributed by atoms with E-state index in [2.05, 4.69) is 46.3 Å². The molecule has 0 amide bonds. The number of thioether (sulfide) groups is 1. The number of ether oxygens (including phenoxy) is 2.